The van der Waals surface area contributed by atoms with Gasteiger partial charge in [0.15, 0.2) is 5.82 Å². The number of halogens is 1. The number of nitrogens with two attached hydrogens (primary N) is 1. The maximum atomic E-state index is 13.6. The first-order chi connectivity index (χ1) is 11.5. The zero-order chi connectivity index (χ0) is 16.8. The third kappa shape index (κ3) is 2.21. The first kappa shape index (κ1) is 14.4. The molecule has 0 saturated carbocycles. The zero-order valence-corrected chi connectivity index (χ0v) is 12.9. The Morgan fingerprint density at radius 3 is 2.67 bits per heavy atom. The van der Waals surface area contributed by atoms with E-state index in [0.717, 1.165) is 11.1 Å². The summed E-state index contributed by atoms with van der Waals surface area (Å²) in [7, 11) is 0. The van der Waals surface area contributed by atoms with Crippen LogP contribution in [0.25, 0.3) is 16.7 Å². The molecule has 0 aliphatic carbocycles. The number of rotatable bonds is 2. The Balaban J connectivity index is 1.95. The first-order valence-electron chi connectivity index (χ1n) is 7.43. The maximum absolute atomic E-state index is 13.6. The van der Waals surface area contributed by atoms with E-state index in [1.165, 1.54) is 27.3 Å². The lowest BCUT2D eigenvalue weighted by atomic mass is 10.1. The zero-order valence-electron chi connectivity index (χ0n) is 12.9. The van der Waals surface area contributed by atoms with Crippen LogP contribution in [0.15, 0.2) is 47.3 Å². The molecular formula is C17H14FN5O. The third-order valence-electron chi connectivity index (χ3n) is 3.94. The molecule has 0 saturated heterocycles. The molecule has 6 nitrogen and oxygen atoms in total. The van der Waals surface area contributed by atoms with Crippen LogP contribution >= 0.6 is 0 Å². The van der Waals surface area contributed by atoms with Crippen molar-refractivity contribution in [1.29, 1.82) is 0 Å². The molecule has 4 aromatic rings. The molecule has 0 spiro atoms. The number of hydrogen-bond acceptors (Lipinski definition) is 4. The number of aryl methyl sites for hydroxylation is 1. The van der Waals surface area contributed by atoms with Crippen molar-refractivity contribution in [2.45, 2.75) is 13.5 Å². The molecule has 2 aromatic heterocycles. The van der Waals surface area contributed by atoms with E-state index >= 15 is 0 Å². The highest BCUT2D eigenvalue weighted by atomic mass is 19.1. The lowest BCUT2D eigenvalue weighted by Gasteiger charge is -2.02. The number of nitrogens with zero attached hydrogens (tertiary/aromatic N) is 4. The number of nitrogen functional groups attached to an aromatic ring is 1. The van der Waals surface area contributed by atoms with Gasteiger partial charge in [-0.25, -0.2) is 23.3 Å². The predicted octanol–water partition coefficient (Wildman–Crippen LogP) is 2.12. The molecule has 0 atom stereocenters. The van der Waals surface area contributed by atoms with Crippen LogP contribution in [-0.4, -0.2) is 19.2 Å². The van der Waals surface area contributed by atoms with Crippen molar-refractivity contribution in [2.75, 3.05) is 5.73 Å². The monoisotopic (exact) mass is 323 g/mol. The molecule has 4 rings (SSSR count). The van der Waals surface area contributed by atoms with Crippen molar-refractivity contribution >= 4 is 22.5 Å². The molecule has 0 radical (unpaired) electrons. The van der Waals surface area contributed by atoms with Crippen LogP contribution in [0, 0.1) is 12.7 Å². The highest BCUT2D eigenvalue weighted by molar-refractivity contribution is 5.81. The summed E-state index contributed by atoms with van der Waals surface area (Å²) in [6.07, 6.45) is 0. The van der Waals surface area contributed by atoms with Gasteiger partial charge < -0.3 is 5.73 Å². The van der Waals surface area contributed by atoms with Crippen molar-refractivity contribution in [2.24, 2.45) is 0 Å². The van der Waals surface area contributed by atoms with Gasteiger partial charge in [-0.05, 0) is 24.6 Å². The minimum Gasteiger partial charge on any atom is -0.381 e. The first-order valence-corrected chi connectivity index (χ1v) is 7.43. The van der Waals surface area contributed by atoms with Crippen LogP contribution in [0.2, 0.25) is 0 Å². The normalized spacial score (nSPS) is 11.4. The average molecular weight is 323 g/mol. The van der Waals surface area contributed by atoms with Crippen LogP contribution < -0.4 is 11.4 Å². The van der Waals surface area contributed by atoms with Crippen LogP contribution in [0.1, 0.15) is 11.1 Å². The second-order valence-electron chi connectivity index (χ2n) is 5.71. The number of aromatic nitrogens is 4. The van der Waals surface area contributed by atoms with Gasteiger partial charge in [-0.3, -0.25) is 0 Å². The lowest BCUT2D eigenvalue weighted by Crippen LogP contribution is -2.22. The fourth-order valence-corrected chi connectivity index (χ4v) is 2.71. The standard InChI is InChI=1S/C17H14FN5O/c1-10-2-4-11(5-3-10)9-22-17(24)23-14-8-12(18)6-7-13(14)20-15(19)16(23)21-22/h2-8H,9H2,1H3,(H2,19,20). The van der Waals surface area contributed by atoms with E-state index in [0.29, 0.717) is 17.6 Å². The van der Waals surface area contributed by atoms with Gasteiger partial charge in [0.25, 0.3) is 0 Å². The smallest absolute Gasteiger partial charge is 0.351 e. The minimum atomic E-state index is -0.450. The van der Waals surface area contributed by atoms with Crippen molar-refractivity contribution < 1.29 is 4.39 Å². The van der Waals surface area contributed by atoms with Gasteiger partial charge in [0, 0.05) is 6.07 Å². The van der Waals surface area contributed by atoms with Crippen LogP contribution in [0.3, 0.4) is 0 Å². The molecule has 120 valence electrons. The van der Waals surface area contributed by atoms with Crippen molar-refractivity contribution in [3.05, 3.63) is 69.9 Å². The summed E-state index contributed by atoms with van der Waals surface area (Å²) in [6.45, 7) is 2.30. The van der Waals surface area contributed by atoms with E-state index in [1.54, 1.807) is 0 Å². The molecule has 0 bridgehead atoms. The van der Waals surface area contributed by atoms with Crippen LogP contribution in [0.4, 0.5) is 10.2 Å². The third-order valence-corrected chi connectivity index (χ3v) is 3.94. The van der Waals surface area contributed by atoms with Gasteiger partial charge in [-0.1, -0.05) is 29.8 Å². The second-order valence-corrected chi connectivity index (χ2v) is 5.71. The molecule has 0 aliphatic rings. The largest absolute Gasteiger partial charge is 0.381 e. The Kier molecular flexibility index (Phi) is 3.09. The van der Waals surface area contributed by atoms with E-state index < -0.39 is 5.82 Å². The summed E-state index contributed by atoms with van der Waals surface area (Å²) in [5, 5.41) is 4.27. The Morgan fingerprint density at radius 2 is 1.92 bits per heavy atom. The number of hydrogen-bond donors (Lipinski definition) is 1. The Hall–Kier alpha value is -3.22. The minimum absolute atomic E-state index is 0.133. The van der Waals surface area contributed by atoms with E-state index in [9.17, 15) is 9.18 Å². The molecule has 7 heteroatoms. The Labute approximate surface area is 136 Å². The Morgan fingerprint density at radius 1 is 1.17 bits per heavy atom. The quantitative estimate of drug-likeness (QED) is 0.613. The molecular weight excluding hydrogens is 309 g/mol. The highest BCUT2D eigenvalue weighted by Gasteiger charge is 2.15. The van der Waals surface area contributed by atoms with Gasteiger partial charge in [0.1, 0.15) is 5.82 Å². The summed E-state index contributed by atoms with van der Waals surface area (Å²) in [5.74, 6) is -0.317. The van der Waals surface area contributed by atoms with Crippen molar-refractivity contribution in [3.8, 4) is 0 Å². The Bertz CT molecular complexity index is 1130. The number of anilines is 1. The molecule has 2 heterocycles. The van der Waals surface area contributed by atoms with E-state index in [-0.39, 0.29) is 17.2 Å². The van der Waals surface area contributed by atoms with Gasteiger partial charge >= 0.3 is 5.69 Å². The molecule has 0 unspecified atom stereocenters. The van der Waals surface area contributed by atoms with Gasteiger partial charge in [-0.15, -0.1) is 5.10 Å². The molecule has 0 aliphatic heterocycles. The molecule has 0 amide bonds. The van der Waals surface area contributed by atoms with Gasteiger partial charge in [-0.2, -0.15) is 0 Å². The lowest BCUT2D eigenvalue weighted by molar-refractivity contribution is 0.628. The summed E-state index contributed by atoms with van der Waals surface area (Å²) in [5.41, 5.74) is 8.63. The van der Waals surface area contributed by atoms with E-state index in [2.05, 4.69) is 10.1 Å². The van der Waals surface area contributed by atoms with Crippen molar-refractivity contribution in [1.82, 2.24) is 19.2 Å². The summed E-state index contributed by atoms with van der Waals surface area (Å²) in [4.78, 5) is 16.9. The second kappa shape index (κ2) is 5.16. The molecule has 2 N–H and O–H groups in total. The van der Waals surface area contributed by atoms with Crippen LogP contribution in [-0.2, 0) is 6.54 Å². The maximum Gasteiger partial charge on any atom is 0.351 e. The number of fused-ring (bicyclic) bond motifs is 3. The molecule has 2 aromatic carbocycles. The fraction of sp³-hybridized carbons (Fsp3) is 0.118. The fourth-order valence-electron chi connectivity index (χ4n) is 2.71. The average Bonchev–Trinajstić information content (AvgIpc) is 2.88. The van der Waals surface area contributed by atoms with Gasteiger partial charge in [0.2, 0.25) is 5.65 Å². The van der Waals surface area contributed by atoms with Crippen LogP contribution in [0.5, 0.6) is 0 Å². The highest BCUT2D eigenvalue weighted by Crippen LogP contribution is 2.18. The topological polar surface area (TPSA) is 78.2 Å². The number of benzene rings is 2. The summed E-state index contributed by atoms with van der Waals surface area (Å²) >= 11 is 0. The van der Waals surface area contributed by atoms with E-state index in [4.69, 9.17) is 5.73 Å². The summed E-state index contributed by atoms with van der Waals surface area (Å²) in [6, 6.07) is 11.8. The SMILES string of the molecule is Cc1ccc(Cn2nc3c(N)nc4ccc(F)cc4n3c2=O)cc1. The molecule has 0 fully saturated rings. The summed E-state index contributed by atoms with van der Waals surface area (Å²) < 4.78 is 16.2. The van der Waals surface area contributed by atoms with Gasteiger partial charge in [0.05, 0.1) is 17.6 Å². The molecule has 24 heavy (non-hydrogen) atoms. The predicted molar refractivity (Wildman–Crippen MR) is 89.4 cm³/mol. The van der Waals surface area contributed by atoms with Crippen molar-refractivity contribution in [3.63, 3.8) is 0 Å². The van der Waals surface area contributed by atoms with E-state index in [1.807, 2.05) is 31.2 Å².